The van der Waals surface area contributed by atoms with Crippen molar-refractivity contribution in [1.29, 1.82) is 0 Å². The Morgan fingerprint density at radius 3 is 1.47 bits per heavy atom. The standard InChI is InChI=1S/C20H20OP.C16H19ClN4O5.C14H21ClFOSi.C9H7BrClFO.C9H9BrClF.C8H7BrClFO.C8H5BrClFO.C7H3BrClFO.C6H3BrClF.C4H9.CH4.B.ClH.2Li.Na.H/c1-21-17-22(18-11-5-2-6-12-18,19-13-7-3-8-14-19)20-15-9-4-10-16-20;1-16(2)25-9-10(14(22)20(3)23-4)24-15(11(9)26-16)21-6-5-8-12(17)18-7-19-13(8)21;1-14(2,3)18(4,5)17-10-9-11-7-6-8-12(15)13(11)16;1-13-5-4-6-7(10)2-3-8(11)9(6)12;1-2-3-6-7(10)4-5-8(11)9(6)12;2*9-6-1-2-7(10)8(11)5(6)3-4-12;8-5-1-2-6(9)7(10)4(5)3-11;7-4-1-2-5(8)6(9)3-4;1-3-4-2;;;;;;;/h2-16H,17H2,1H3;5-7,9-11,15H,1-4H3;6,8H,9-10H2,1-5H3;2-5H,1H3;4-5H,2-3H2,1H3;1-2,12H,3-4H2;1-2,4H,3H2;1-3H;1-3H;1,3-4H2,2H3;1H4;;1H;;;;/q+1;;-1;;;;;;;-1;;;;3*+1;-1/p-1/t;9-,10+,11-,15-;;;;;;;;;;;;;;;/m.1.............../s1. The van der Waals surface area contributed by atoms with Crippen LogP contribution in [-0.4, -0.2) is 132 Å². The van der Waals surface area contributed by atoms with Gasteiger partial charge in [0.25, 0.3) is 5.91 Å². The second kappa shape index (κ2) is 72.5. The van der Waals surface area contributed by atoms with E-state index < -0.39 is 75.0 Å². The number of hydrogen-bond donors (Lipinski definition) is 1. The number of ether oxygens (including phenoxy) is 5. The molecular weight excluding hydrogens is 2500 g/mol. The summed E-state index contributed by atoms with van der Waals surface area (Å²) in [6.07, 6.45) is 10.0. The molecule has 1 amide bonds. The van der Waals surface area contributed by atoms with Gasteiger partial charge in [0, 0.05) is 103 Å². The number of likely N-dealkylation sites (N-methyl/N-ethyl adjacent to an activating group) is 1. The Morgan fingerprint density at radius 1 is 0.614 bits per heavy atom. The number of nitrogens with zero attached hydrogens (tertiary/aromatic N) is 4. The molecule has 2 aliphatic heterocycles. The Kier molecular flexibility index (Phi) is 71.9. The maximum atomic E-state index is 13.6. The summed E-state index contributed by atoms with van der Waals surface area (Å²) in [5.74, 6) is -4.39. The number of aliphatic hydroxyl groups excluding tert-OH is 1. The number of carbonyl (C=O) groups excluding carboxylic acids is 3. The van der Waals surface area contributed by atoms with Crippen molar-refractivity contribution in [3.63, 3.8) is 0 Å². The summed E-state index contributed by atoms with van der Waals surface area (Å²) < 4.78 is 132. The molecule has 771 valence electrons. The van der Waals surface area contributed by atoms with Crippen molar-refractivity contribution in [2.75, 3.05) is 47.9 Å². The number of aldehydes is 2. The number of unbranched alkanes of at least 4 members (excludes halogenated alkanes) is 1. The van der Waals surface area contributed by atoms with Gasteiger partial charge >= 0.3 is 67.3 Å². The molecule has 1 N–H and O–H groups in total. The van der Waals surface area contributed by atoms with E-state index in [1.807, 2.05) is 6.92 Å². The van der Waals surface area contributed by atoms with Gasteiger partial charge in [0.15, 0.2) is 44.9 Å². The zero-order valence-corrected chi connectivity index (χ0v) is 102. The Bertz CT molecular complexity index is 5860. The van der Waals surface area contributed by atoms with Crippen LogP contribution in [0.3, 0.4) is 0 Å². The van der Waals surface area contributed by atoms with Gasteiger partial charge in [0.1, 0.15) is 87.9 Å². The molecular formula is C102H108BBr6Cl9F7Li2N4NaO11PSi. The molecule has 4 heterocycles. The number of methoxy groups -OCH3 is 2. The largest absolute Gasteiger partial charge is 1.00 e. The minimum absolute atomic E-state index is 0. The number of aromatic nitrogens is 3. The molecule has 12 aromatic rings. The maximum absolute atomic E-state index is 13.6. The van der Waals surface area contributed by atoms with Crippen molar-refractivity contribution in [2.24, 2.45) is 0 Å². The SMILES string of the molecule is C.CC(C)(C)[Si](C)(C)OCCc1[c-]ccc(Cl)c1F.CCCc1c(Br)ccc(Cl)c1F.COC=Cc1c(Br)ccc(Cl)c1F.COC[P+](c1ccccc1)(c1ccccc1)c1ccccc1.CON(C)C(=O)[C@H]1O[C@@H](n2ccc3c(Cl)ncnc32)[C@@H]2OC(C)(C)O[C@@H]21.Fc1cc(Br)ccc1Cl.O=CCc1c(Br)ccc(Cl)c1F.O=Cc1c(Br)ccc(Cl)c1F.OCCc1c(Br)ccc(Cl)c1F.[B].[CH2-]CCC.[Cl-].[H-].[Li+].[Li+].[Na+]. The number of carbonyl (C=O) groups is 3. The van der Waals surface area contributed by atoms with Crippen LogP contribution in [-0.2, 0) is 68.2 Å². The first-order valence-corrected chi connectivity index (χ1v) is 55.0. The number of benzene rings is 10. The number of amides is 1. The first kappa shape index (κ1) is 144. The maximum Gasteiger partial charge on any atom is 1.00 e. The van der Waals surface area contributed by atoms with Crippen molar-refractivity contribution in [2.45, 2.75) is 149 Å². The summed E-state index contributed by atoms with van der Waals surface area (Å²) in [7, 11) is 2.69. The predicted octanol–water partition coefficient (Wildman–Crippen LogP) is 20.1. The average molecular weight is 2600 g/mol. The molecule has 0 unspecified atom stereocenters. The van der Waals surface area contributed by atoms with Gasteiger partial charge in [0.05, 0.1) is 61.6 Å². The number of hydrogen-bond acceptors (Lipinski definition) is 13. The molecule has 43 heteroatoms. The summed E-state index contributed by atoms with van der Waals surface area (Å²) >= 11 is 63.8. The van der Waals surface area contributed by atoms with E-state index in [9.17, 15) is 45.1 Å². The van der Waals surface area contributed by atoms with Gasteiger partial charge < -0.3 is 63.3 Å². The first-order chi connectivity index (χ1) is 65.8. The van der Waals surface area contributed by atoms with Gasteiger partial charge in [-0.05, 0) is 200 Å². The van der Waals surface area contributed by atoms with E-state index in [1.165, 1.54) is 111 Å². The van der Waals surface area contributed by atoms with Crippen LogP contribution in [0.4, 0.5) is 30.7 Å². The summed E-state index contributed by atoms with van der Waals surface area (Å²) in [4.78, 5) is 46.3. The van der Waals surface area contributed by atoms with Gasteiger partial charge in [0.2, 0.25) is 0 Å². The molecule has 14 rings (SSSR count). The van der Waals surface area contributed by atoms with Crippen molar-refractivity contribution < 1.29 is 164 Å². The van der Waals surface area contributed by atoms with Crippen LogP contribution >= 0.6 is 196 Å². The van der Waals surface area contributed by atoms with Crippen molar-refractivity contribution >= 4 is 264 Å². The number of fused-ring (bicyclic) bond motifs is 2. The summed E-state index contributed by atoms with van der Waals surface area (Å²) in [5, 5.41) is 15.7. The normalized spacial score (nSPS) is 13.7. The van der Waals surface area contributed by atoms with E-state index in [0.29, 0.717) is 105 Å². The number of hydroxylamine groups is 2. The summed E-state index contributed by atoms with van der Waals surface area (Å²) in [6.45, 7) is 22.7. The van der Waals surface area contributed by atoms with Gasteiger partial charge in [-0.2, -0.15) is 18.6 Å². The van der Waals surface area contributed by atoms with E-state index in [4.69, 9.17) is 126 Å². The fraction of sp³-hybridized carbons (Fsp3) is 0.294. The van der Waals surface area contributed by atoms with Crippen molar-refractivity contribution in [3.05, 3.63) is 361 Å². The van der Waals surface area contributed by atoms with E-state index in [0.717, 1.165) is 22.4 Å². The predicted molar refractivity (Wildman–Crippen MR) is 589 cm³/mol. The molecule has 3 radical (unpaired) electrons. The fourth-order valence-electron chi connectivity index (χ4n) is 12.4. The molecule has 0 aliphatic carbocycles. The number of rotatable bonds is 22. The monoisotopic (exact) mass is 2590 g/mol. The zero-order chi connectivity index (χ0) is 104. The Balaban J connectivity index is -0.00000159. The zero-order valence-electron chi connectivity index (χ0n) is 82.6. The van der Waals surface area contributed by atoms with Crippen LogP contribution in [0.1, 0.15) is 121 Å². The topological polar surface area (TPSA) is 170 Å². The summed E-state index contributed by atoms with van der Waals surface area (Å²) in [5.41, 5.74) is 2.83. The van der Waals surface area contributed by atoms with E-state index in [2.05, 4.69) is 255 Å². The quantitative estimate of drug-likeness (QED) is 0.00783. The Hall–Kier alpha value is -3.20. The van der Waals surface area contributed by atoms with Crippen molar-refractivity contribution in [1.82, 2.24) is 19.6 Å². The minimum Gasteiger partial charge on any atom is -1.00 e. The van der Waals surface area contributed by atoms with E-state index >= 15 is 0 Å². The first-order valence-electron chi connectivity index (χ1n) is 42.3. The molecule has 2 aromatic heterocycles. The molecule has 15 nitrogen and oxygen atoms in total. The molecule has 2 saturated heterocycles. The van der Waals surface area contributed by atoms with E-state index in [-0.39, 0.29) is 180 Å². The van der Waals surface area contributed by atoms with Crippen LogP contribution in [0.15, 0.2) is 234 Å². The molecule has 4 atom stereocenters. The smallest absolute Gasteiger partial charge is 1.00 e. The minimum atomic E-state index is -1.78. The van der Waals surface area contributed by atoms with Crippen LogP contribution in [0.5, 0.6) is 0 Å². The molecule has 2 aliphatic rings. The second-order valence-corrected chi connectivity index (χ2v) is 48.1. The molecule has 0 bridgehead atoms. The molecule has 10 aromatic carbocycles. The van der Waals surface area contributed by atoms with Crippen molar-refractivity contribution in [3.8, 4) is 0 Å². The molecule has 0 saturated carbocycles. The third kappa shape index (κ3) is 43.5. The molecule has 145 heavy (non-hydrogen) atoms. The van der Waals surface area contributed by atoms with Crippen LogP contribution < -0.4 is 95.6 Å². The van der Waals surface area contributed by atoms with Crippen LogP contribution in [0.25, 0.3) is 17.1 Å². The third-order valence-corrected chi connectivity index (χ3v) is 35.7. The molecule has 0 spiro atoms. The van der Waals surface area contributed by atoms with Gasteiger partial charge in [-0.3, -0.25) is 18.8 Å². The number of aliphatic hydroxyl groups is 1. The van der Waals surface area contributed by atoms with Gasteiger partial charge in [-0.15, -0.1) is 23.2 Å². The molecule has 2 fully saturated rings. The Labute approximate surface area is 994 Å². The third-order valence-electron chi connectivity index (χ3n) is 20.5. The number of halogens is 22. The second-order valence-electron chi connectivity index (χ2n) is 31.5. The fourth-order valence-corrected chi connectivity index (χ4v) is 21.2. The average Bonchev–Trinajstić information content (AvgIpc) is 1.57. The van der Waals surface area contributed by atoms with Gasteiger partial charge in [-0.1, -0.05) is 270 Å². The summed E-state index contributed by atoms with van der Waals surface area (Å²) in [6, 6.07) is 60.2. The van der Waals surface area contributed by atoms with Gasteiger partial charge in [-0.25, -0.2) is 41.4 Å². The van der Waals surface area contributed by atoms with Crippen LogP contribution in [0, 0.1) is 53.7 Å². The Morgan fingerprint density at radius 2 is 1.05 bits per heavy atom. The van der Waals surface area contributed by atoms with Crippen LogP contribution in [0.2, 0.25) is 58.4 Å². The van der Waals surface area contributed by atoms with E-state index in [1.54, 1.807) is 80.3 Å².